The van der Waals surface area contributed by atoms with Gasteiger partial charge in [0.15, 0.2) is 11.2 Å². The lowest BCUT2D eigenvalue weighted by Crippen LogP contribution is -1.87. The summed E-state index contributed by atoms with van der Waals surface area (Å²) in [5.41, 5.74) is 5.63. The first-order chi connectivity index (χ1) is 11.8. The highest BCUT2D eigenvalue weighted by molar-refractivity contribution is 6.16. The molecule has 0 saturated heterocycles. The van der Waals surface area contributed by atoms with Crippen LogP contribution in [0.15, 0.2) is 59.1 Å². The quantitative estimate of drug-likeness (QED) is 0.421. The number of nitrogens with zero attached hydrogens (tertiary/aromatic N) is 4. The Morgan fingerprint density at radius 2 is 1.71 bits per heavy atom. The molecule has 0 fully saturated rings. The smallest absolute Gasteiger partial charge is 0.216 e. The van der Waals surface area contributed by atoms with E-state index in [0.29, 0.717) is 0 Å². The summed E-state index contributed by atoms with van der Waals surface area (Å²) in [6.07, 6.45) is 1.80. The van der Waals surface area contributed by atoms with Gasteiger partial charge in [0.2, 0.25) is 5.78 Å². The van der Waals surface area contributed by atoms with E-state index in [-0.39, 0.29) is 0 Å². The molecule has 5 nitrogen and oxygen atoms in total. The second-order valence-electron chi connectivity index (χ2n) is 6.06. The molecule has 0 aliphatic heterocycles. The predicted molar refractivity (Wildman–Crippen MR) is 94.2 cm³/mol. The van der Waals surface area contributed by atoms with E-state index in [0.717, 1.165) is 49.9 Å². The van der Waals surface area contributed by atoms with Gasteiger partial charge in [0.25, 0.3) is 0 Å². The Balaban J connectivity index is 1.94. The molecule has 6 aromatic rings. The van der Waals surface area contributed by atoms with Crippen LogP contribution in [0.1, 0.15) is 0 Å². The van der Waals surface area contributed by atoms with Crippen molar-refractivity contribution in [2.75, 3.05) is 0 Å². The Hall–Kier alpha value is -3.34. The summed E-state index contributed by atoms with van der Waals surface area (Å²) in [4.78, 5) is 9.56. The molecule has 0 spiro atoms. The molecule has 0 amide bonds. The van der Waals surface area contributed by atoms with Gasteiger partial charge in [-0.25, -0.2) is 9.97 Å². The average molecular weight is 312 g/mol. The minimum atomic E-state index is 0.774. The molecule has 0 aliphatic rings. The number of imidazole rings is 2. The molecule has 4 heterocycles. The van der Waals surface area contributed by atoms with Crippen molar-refractivity contribution in [1.29, 1.82) is 0 Å². The van der Waals surface area contributed by atoms with E-state index in [4.69, 9.17) is 9.40 Å². The Kier molecular flexibility index (Phi) is 1.99. The zero-order valence-electron chi connectivity index (χ0n) is 12.9. The number of rotatable bonds is 0. The zero-order chi connectivity index (χ0) is 15.8. The standard InChI is InChI=1S/C19H12N4O/c1-22-12-7-3-4-8-13(12)23-18-17(21-19(22)23)16-11-6-2-5-9-14(11)24-15(16)10-20-18/h2-10H,1H3. The number of furan rings is 1. The van der Waals surface area contributed by atoms with Gasteiger partial charge in [0, 0.05) is 12.4 Å². The van der Waals surface area contributed by atoms with Crippen LogP contribution in [0.4, 0.5) is 0 Å². The fourth-order valence-electron chi connectivity index (χ4n) is 3.70. The van der Waals surface area contributed by atoms with Gasteiger partial charge in [-0.15, -0.1) is 0 Å². The minimum Gasteiger partial charge on any atom is -0.454 e. The van der Waals surface area contributed by atoms with Crippen molar-refractivity contribution in [1.82, 2.24) is 18.9 Å². The lowest BCUT2D eigenvalue weighted by Gasteiger charge is -1.95. The first-order valence-electron chi connectivity index (χ1n) is 7.85. The van der Waals surface area contributed by atoms with E-state index in [2.05, 4.69) is 32.2 Å². The normalized spacial score (nSPS) is 12.4. The average Bonchev–Trinajstić information content (AvgIpc) is 3.25. The van der Waals surface area contributed by atoms with Gasteiger partial charge in [-0.1, -0.05) is 30.3 Å². The summed E-state index contributed by atoms with van der Waals surface area (Å²) < 4.78 is 10.2. The molecule has 5 heteroatoms. The van der Waals surface area contributed by atoms with Crippen molar-refractivity contribution >= 4 is 49.9 Å². The number of benzene rings is 2. The number of hydrogen-bond acceptors (Lipinski definition) is 3. The minimum absolute atomic E-state index is 0.774. The maximum Gasteiger partial charge on any atom is 0.216 e. The first kappa shape index (κ1) is 12.1. The molecule has 2 aromatic carbocycles. The van der Waals surface area contributed by atoms with Gasteiger partial charge < -0.3 is 8.98 Å². The van der Waals surface area contributed by atoms with Crippen LogP contribution in [-0.4, -0.2) is 18.9 Å². The molecule has 0 unspecified atom stereocenters. The lowest BCUT2D eigenvalue weighted by molar-refractivity contribution is 0.667. The van der Waals surface area contributed by atoms with Gasteiger partial charge in [0.05, 0.1) is 22.6 Å². The van der Waals surface area contributed by atoms with Crippen molar-refractivity contribution < 1.29 is 4.42 Å². The zero-order valence-corrected chi connectivity index (χ0v) is 12.9. The summed E-state index contributed by atoms with van der Waals surface area (Å²) in [6, 6.07) is 16.3. The van der Waals surface area contributed by atoms with E-state index in [9.17, 15) is 0 Å². The van der Waals surface area contributed by atoms with Crippen molar-refractivity contribution in [2.45, 2.75) is 0 Å². The van der Waals surface area contributed by atoms with E-state index < -0.39 is 0 Å². The molecule has 0 saturated carbocycles. The molecule has 0 bridgehead atoms. The highest BCUT2D eigenvalue weighted by Crippen LogP contribution is 2.34. The Bertz CT molecular complexity index is 1420. The fourth-order valence-corrected chi connectivity index (χ4v) is 3.70. The van der Waals surface area contributed by atoms with E-state index in [1.54, 1.807) is 6.20 Å². The molecular weight excluding hydrogens is 300 g/mol. The van der Waals surface area contributed by atoms with Crippen molar-refractivity contribution in [3.63, 3.8) is 0 Å². The van der Waals surface area contributed by atoms with Crippen LogP contribution in [0, 0.1) is 0 Å². The van der Waals surface area contributed by atoms with Crippen molar-refractivity contribution in [3.05, 3.63) is 54.7 Å². The van der Waals surface area contributed by atoms with Gasteiger partial charge >= 0.3 is 0 Å². The summed E-state index contributed by atoms with van der Waals surface area (Å²) in [7, 11) is 2.04. The van der Waals surface area contributed by atoms with Crippen LogP contribution in [0.2, 0.25) is 0 Å². The summed E-state index contributed by atoms with van der Waals surface area (Å²) in [5, 5.41) is 2.11. The van der Waals surface area contributed by atoms with E-state index >= 15 is 0 Å². The highest BCUT2D eigenvalue weighted by atomic mass is 16.3. The molecular formula is C19H12N4O. The van der Waals surface area contributed by atoms with Crippen LogP contribution in [0.5, 0.6) is 0 Å². The largest absolute Gasteiger partial charge is 0.454 e. The molecule has 0 radical (unpaired) electrons. The fraction of sp³-hybridized carbons (Fsp3) is 0.0526. The Morgan fingerprint density at radius 3 is 2.62 bits per heavy atom. The van der Waals surface area contributed by atoms with Gasteiger partial charge in [0.1, 0.15) is 11.1 Å². The number of pyridine rings is 1. The number of aryl methyl sites for hydroxylation is 1. The van der Waals surface area contributed by atoms with Gasteiger partial charge in [-0.3, -0.25) is 4.40 Å². The van der Waals surface area contributed by atoms with Crippen molar-refractivity contribution in [3.8, 4) is 0 Å². The topological polar surface area (TPSA) is 48.3 Å². The summed E-state index contributed by atoms with van der Waals surface area (Å²) >= 11 is 0. The molecule has 6 rings (SSSR count). The lowest BCUT2D eigenvalue weighted by atomic mass is 10.2. The maximum absolute atomic E-state index is 5.93. The SMILES string of the molecule is Cn1c2ccccc2n2c3ncc4oc5ccccc5c4c3nc12. The van der Waals surface area contributed by atoms with Crippen LogP contribution >= 0.6 is 0 Å². The Labute approximate surface area is 135 Å². The highest BCUT2D eigenvalue weighted by Gasteiger charge is 2.19. The third kappa shape index (κ3) is 1.27. The second-order valence-corrected chi connectivity index (χ2v) is 6.06. The third-order valence-electron chi connectivity index (χ3n) is 4.78. The first-order valence-corrected chi connectivity index (χ1v) is 7.85. The Morgan fingerprint density at radius 1 is 0.917 bits per heavy atom. The molecule has 0 aliphatic carbocycles. The maximum atomic E-state index is 5.93. The number of fused-ring (bicyclic) bond motifs is 9. The second kappa shape index (κ2) is 3.94. The van der Waals surface area contributed by atoms with E-state index in [1.807, 2.05) is 37.4 Å². The molecule has 114 valence electrons. The number of hydrogen-bond donors (Lipinski definition) is 0. The molecule has 0 atom stereocenters. The number of para-hydroxylation sites is 3. The molecule has 4 aromatic heterocycles. The van der Waals surface area contributed by atoms with Crippen LogP contribution in [0.25, 0.3) is 49.9 Å². The number of aromatic nitrogens is 4. The van der Waals surface area contributed by atoms with Gasteiger partial charge in [-0.2, -0.15) is 0 Å². The van der Waals surface area contributed by atoms with Crippen molar-refractivity contribution in [2.24, 2.45) is 7.05 Å². The summed E-state index contributed by atoms with van der Waals surface area (Å²) in [5.74, 6) is 0.886. The predicted octanol–water partition coefficient (Wildman–Crippen LogP) is 4.27. The van der Waals surface area contributed by atoms with Crippen LogP contribution in [0.3, 0.4) is 0 Å². The third-order valence-corrected chi connectivity index (χ3v) is 4.78. The molecule has 0 N–H and O–H groups in total. The van der Waals surface area contributed by atoms with Gasteiger partial charge in [-0.05, 0) is 18.2 Å². The monoisotopic (exact) mass is 312 g/mol. The summed E-state index contributed by atoms with van der Waals surface area (Å²) in [6.45, 7) is 0. The van der Waals surface area contributed by atoms with Crippen LogP contribution in [-0.2, 0) is 7.05 Å². The van der Waals surface area contributed by atoms with E-state index in [1.165, 1.54) is 0 Å². The van der Waals surface area contributed by atoms with Crippen LogP contribution < -0.4 is 0 Å². The molecule has 24 heavy (non-hydrogen) atoms.